The molecule has 0 saturated carbocycles. The Bertz CT molecular complexity index is 749. The molecule has 0 bridgehead atoms. The minimum absolute atomic E-state index is 0.0806. The Labute approximate surface area is 144 Å². The number of rotatable bonds is 7. The van der Waals surface area contributed by atoms with Crippen molar-refractivity contribution in [1.29, 1.82) is 0 Å². The molecule has 0 spiro atoms. The van der Waals surface area contributed by atoms with Crippen molar-refractivity contribution in [1.82, 2.24) is 20.4 Å². The van der Waals surface area contributed by atoms with Crippen LogP contribution >= 0.6 is 11.8 Å². The maximum atomic E-state index is 12.1. The van der Waals surface area contributed by atoms with Crippen molar-refractivity contribution in [2.75, 3.05) is 6.54 Å². The largest absolute Gasteiger partial charge is 0.361 e. The molecular formula is C16H22N4O3S. The lowest BCUT2D eigenvalue weighted by molar-refractivity contribution is -0.120. The molecule has 0 aliphatic rings. The molecule has 0 saturated heterocycles. The highest BCUT2D eigenvalue weighted by Crippen LogP contribution is 2.18. The Kier molecular flexibility index (Phi) is 6.19. The fraction of sp³-hybridized carbons (Fsp3) is 0.500. The maximum Gasteiger partial charge on any atom is 0.251 e. The van der Waals surface area contributed by atoms with Gasteiger partial charge in [-0.05, 0) is 40.5 Å². The van der Waals surface area contributed by atoms with Crippen molar-refractivity contribution >= 4 is 17.7 Å². The molecule has 0 aliphatic carbocycles. The first-order chi connectivity index (χ1) is 11.4. The zero-order chi connectivity index (χ0) is 17.7. The third kappa shape index (κ3) is 4.95. The van der Waals surface area contributed by atoms with Gasteiger partial charge in [-0.15, -0.1) is 0 Å². The van der Waals surface area contributed by atoms with Gasteiger partial charge in [0.1, 0.15) is 5.76 Å². The van der Waals surface area contributed by atoms with E-state index in [0.717, 1.165) is 29.9 Å². The number of hydrogen-bond acceptors (Lipinski definition) is 6. The van der Waals surface area contributed by atoms with Crippen LogP contribution in [0.25, 0.3) is 0 Å². The van der Waals surface area contributed by atoms with Crippen molar-refractivity contribution < 1.29 is 9.32 Å². The van der Waals surface area contributed by atoms with E-state index >= 15 is 0 Å². The van der Waals surface area contributed by atoms with E-state index in [-0.39, 0.29) is 16.7 Å². The van der Waals surface area contributed by atoms with Crippen LogP contribution in [0.15, 0.2) is 20.5 Å². The third-order valence-corrected chi connectivity index (χ3v) is 4.57. The minimum atomic E-state index is -0.339. The topological polar surface area (TPSA) is 101 Å². The summed E-state index contributed by atoms with van der Waals surface area (Å²) < 4.78 is 5.12. The van der Waals surface area contributed by atoms with E-state index in [1.54, 1.807) is 13.8 Å². The fourth-order valence-electron chi connectivity index (χ4n) is 2.31. The van der Waals surface area contributed by atoms with Crippen LogP contribution < -0.4 is 10.9 Å². The van der Waals surface area contributed by atoms with E-state index in [9.17, 15) is 9.59 Å². The molecule has 1 atom stereocenters. The molecule has 2 aromatic rings. The Balaban J connectivity index is 1.78. The minimum Gasteiger partial charge on any atom is -0.361 e. The Hall–Kier alpha value is -2.09. The van der Waals surface area contributed by atoms with Crippen molar-refractivity contribution in [3.8, 4) is 0 Å². The summed E-state index contributed by atoms with van der Waals surface area (Å²) in [6, 6.07) is 1.42. The van der Waals surface area contributed by atoms with Crippen LogP contribution in [0.2, 0.25) is 0 Å². The first kappa shape index (κ1) is 18.3. The van der Waals surface area contributed by atoms with Gasteiger partial charge < -0.3 is 14.8 Å². The SMILES string of the molecule is Cc1cc(=O)[nH]c(S[C@@H](C)C(=O)NCCCc2c(C)noc2C)n1. The molecule has 8 heteroatoms. The predicted octanol–water partition coefficient (Wildman–Crippen LogP) is 1.91. The van der Waals surface area contributed by atoms with Crippen LogP contribution in [0.1, 0.15) is 36.1 Å². The molecule has 24 heavy (non-hydrogen) atoms. The highest BCUT2D eigenvalue weighted by Gasteiger charge is 2.16. The molecule has 0 fully saturated rings. The molecular weight excluding hydrogens is 328 g/mol. The van der Waals surface area contributed by atoms with Crippen molar-refractivity contribution in [3.05, 3.63) is 39.1 Å². The van der Waals surface area contributed by atoms with Gasteiger partial charge in [-0.2, -0.15) is 0 Å². The Morgan fingerprint density at radius 1 is 1.42 bits per heavy atom. The van der Waals surface area contributed by atoms with Gasteiger partial charge >= 0.3 is 0 Å². The molecule has 2 N–H and O–H groups in total. The summed E-state index contributed by atoms with van der Waals surface area (Å²) in [6.07, 6.45) is 1.63. The molecule has 0 aromatic carbocycles. The van der Waals surface area contributed by atoms with Crippen LogP contribution in [0, 0.1) is 20.8 Å². The predicted molar refractivity (Wildman–Crippen MR) is 92.2 cm³/mol. The number of aromatic nitrogens is 3. The molecule has 2 rings (SSSR count). The summed E-state index contributed by atoms with van der Waals surface area (Å²) in [5.74, 6) is 0.750. The average Bonchev–Trinajstić information content (AvgIpc) is 2.81. The summed E-state index contributed by atoms with van der Waals surface area (Å²) >= 11 is 1.24. The molecule has 130 valence electrons. The first-order valence-corrected chi connectivity index (χ1v) is 8.69. The second-order valence-corrected chi connectivity index (χ2v) is 6.98. The number of nitrogens with one attached hydrogen (secondary N) is 2. The van der Waals surface area contributed by atoms with Gasteiger partial charge in [0, 0.05) is 23.9 Å². The summed E-state index contributed by atoms with van der Waals surface area (Å²) in [6.45, 7) is 7.92. The third-order valence-electron chi connectivity index (χ3n) is 3.59. The quantitative estimate of drug-likeness (QED) is 0.449. The van der Waals surface area contributed by atoms with E-state index in [4.69, 9.17) is 4.52 Å². The van der Waals surface area contributed by atoms with Gasteiger partial charge in [-0.3, -0.25) is 9.59 Å². The highest BCUT2D eigenvalue weighted by atomic mass is 32.2. The zero-order valence-corrected chi connectivity index (χ0v) is 15.1. The molecule has 7 nitrogen and oxygen atoms in total. The summed E-state index contributed by atoms with van der Waals surface area (Å²) in [5.41, 5.74) is 2.43. The fourth-order valence-corrected chi connectivity index (χ4v) is 3.19. The molecule has 1 amide bonds. The van der Waals surface area contributed by atoms with E-state index in [1.165, 1.54) is 17.8 Å². The molecule has 0 unspecified atom stereocenters. The Morgan fingerprint density at radius 2 is 2.17 bits per heavy atom. The number of carbonyl (C=O) groups is 1. The van der Waals surface area contributed by atoms with Gasteiger partial charge in [0.25, 0.3) is 5.56 Å². The molecule has 0 aliphatic heterocycles. The zero-order valence-electron chi connectivity index (χ0n) is 14.3. The van der Waals surface area contributed by atoms with E-state index in [1.807, 2.05) is 13.8 Å². The van der Waals surface area contributed by atoms with Gasteiger partial charge in [0.2, 0.25) is 5.91 Å². The van der Waals surface area contributed by atoms with Crippen molar-refractivity contribution in [2.45, 2.75) is 50.9 Å². The summed E-state index contributed by atoms with van der Waals surface area (Å²) in [4.78, 5) is 30.4. The van der Waals surface area contributed by atoms with E-state index in [0.29, 0.717) is 17.4 Å². The van der Waals surface area contributed by atoms with Crippen LogP contribution in [-0.2, 0) is 11.2 Å². The van der Waals surface area contributed by atoms with Gasteiger partial charge in [-0.25, -0.2) is 4.98 Å². The lowest BCUT2D eigenvalue weighted by atomic mass is 10.1. The van der Waals surface area contributed by atoms with Crippen LogP contribution in [-0.4, -0.2) is 32.8 Å². The standard InChI is InChI=1S/C16H22N4O3S/c1-9-8-14(21)19-16(18-9)24-12(4)15(22)17-7-5-6-13-10(2)20-23-11(13)3/h8,12H,5-7H2,1-4H3,(H,17,22)(H,18,19,21)/t12-/m0/s1. The second-order valence-electron chi connectivity index (χ2n) is 5.65. The summed E-state index contributed by atoms with van der Waals surface area (Å²) in [5, 5.41) is 6.94. The number of aromatic amines is 1. The number of aryl methyl sites for hydroxylation is 3. The molecule has 2 heterocycles. The number of nitrogens with zero attached hydrogens (tertiary/aromatic N) is 2. The van der Waals surface area contributed by atoms with E-state index < -0.39 is 0 Å². The number of H-pyrrole nitrogens is 1. The van der Waals surface area contributed by atoms with Gasteiger partial charge in [-0.1, -0.05) is 16.9 Å². The van der Waals surface area contributed by atoms with Crippen LogP contribution in [0.4, 0.5) is 0 Å². The summed E-state index contributed by atoms with van der Waals surface area (Å²) in [7, 11) is 0. The smallest absolute Gasteiger partial charge is 0.251 e. The number of hydrogen-bond donors (Lipinski definition) is 2. The Morgan fingerprint density at radius 3 is 2.79 bits per heavy atom. The lowest BCUT2D eigenvalue weighted by Crippen LogP contribution is -2.32. The van der Waals surface area contributed by atoms with Crippen molar-refractivity contribution in [2.24, 2.45) is 0 Å². The van der Waals surface area contributed by atoms with Crippen molar-refractivity contribution in [3.63, 3.8) is 0 Å². The average molecular weight is 350 g/mol. The maximum absolute atomic E-state index is 12.1. The number of amides is 1. The first-order valence-electron chi connectivity index (χ1n) is 7.81. The monoisotopic (exact) mass is 350 g/mol. The molecule has 2 aromatic heterocycles. The van der Waals surface area contributed by atoms with Gasteiger partial charge in [0.05, 0.1) is 10.9 Å². The molecule has 0 radical (unpaired) electrons. The normalized spacial score (nSPS) is 12.2. The lowest BCUT2D eigenvalue weighted by Gasteiger charge is -2.11. The van der Waals surface area contributed by atoms with Crippen LogP contribution in [0.5, 0.6) is 0 Å². The van der Waals surface area contributed by atoms with Crippen LogP contribution in [0.3, 0.4) is 0 Å². The number of carbonyl (C=O) groups excluding carboxylic acids is 1. The highest BCUT2D eigenvalue weighted by molar-refractivity contribution is 8.00. The number of thioether (sulfide) groups is 1. The second kappa shape index (κ2) is 8.14. The van der Waals surface area contributed by atoms with E-state index in [2.05, 4.69) is 20.4 Å². The van der Waals surface area contributed by atoms with Gasteiger partial charge in [0.15, 0.2) is 5.16 Å².